The molecule has 0 bridgehead atoms. The highest BCUT2D eigenvalue weighted by Gasteiger charge is 2.33. The van der Waals surface area contributed by atoms with Crippen LogP contribution in [-0.2, 0) is 19.0 Å². The second-order valence-electron chi connectivity index (χ2n) is 1.65. The van der Waals surface area contributed by atoms with Crippen molar-refractivity contribution in [2.45, 2.75) is 0 Å². The lowest BCUT2D eigenvalue weighted by molar-refractivity contribution is -0.0137. The Balaban J connectivity index is 0.00000144. The first-order valence-corrected chi connectivity index (χ1v) is 3.83. The van der Waals surface area contributed by atoms with Crippen molar-refractivity contribution in [3.8, 4) is 0 Å². The first-order chi connectivity index (χ1) is 5.42. The Hall–Kier alpha value is -1.43. The van der Waals surface area contributed by atoms with Crippen molar-refractivity contribution in [1.82, 2.24) is 10.5 Å². The highest BCUT2D eigenvalue weighted by molar-refractivity contribution is 7.81. The number of amides is 2. The molecular weight excluding hydrogens is 208 g/mol. The highest BCUT2D eigenvalue weighted by atomic mass is 32.3. The van der Waals surface area contributed by atoms with E-state index in [1.54, 1.807) is 0 Å². The van der Waals surface area contributed by atoms with Gasteiger partial charge < -0.3 is 11.2 Å². The maximum atomic E-state index is 10.6. The average Bonchev–Trinajstić information content (AvgIpc) is 1.94. The number of urea groups is 1. The summed E-state index contributed by atoms with van der Waals surface area (Å²) in [6, 6.07) is -1.10. The summed E-state index contributed by atoms with van der Waals surface area (Å²) >= 11 is 0. The molecule has 0 unspecified atom stereocenters. The van der Waals surface area contributed by atoms with Crippen LogP contribution in [0.2, 0.25) is 0 Å². The van der Waals surface area contributed by atoms with Crippen LogP contribution in [0, 0.1) is 5.41 Å². The minimum absolute atomic E-state index is 0. The third-order valence-electron chi connectivity index (χ3n) is 0.800. The van der Waals surface area contributed by atoms with E-state index in [1.165, 1.54) is 5.48 Å². The van der Waals surface area contributed by atoms with E-state index >= 15 is 0 Å². The van der Waals surface area contributed by atoms with Gasteiger partial charge in [-0.3, -0.25) is 5.41 Å². The minimum Gasteiger partial charge on any atom is -0.412 e. The minimum atomic E-state index is -4.34. The van der Waals surface area contributed by atoms with E-state index in [0.717, 1.165) is 0 Å². The maximum absolute atomic E-state index is 10.6. The molecule has 1 fully saturated rings. The predicted molar refractivity (Wildman–Crippen MR) is 37.0 cm³/mol. The number of rotatable bonds is 0. The summed E-state index contributed by atoms with van der Waals surface area (Å²) in [6.07, 6.45) is 0. The van der Waals surface area contributed by atoms with Crippen molar-refractivity contribution < 1.29 is 27.3 Å². The summed E-state index contributed by atoms with van der Waals surface area (Å²) in [5.41, 5.74) is 6.24. The molecule has 0 aliphatic carbocycles. The smallest absolute Gasteiger partial charge is 0.412 e. The third-order valence-corrected chi connectivity index (χ3v) is 1.42. The van der Waals surface area contributed by atoms with Gasteiger partial charge in [-0.2, -0.15) is 13.9 Å². The van der Waals surface area contributed by atoms with Crippen LogP contribution >= 0.6 is 0 Å². The molecule has 11 heteroatoms. The quantitative estimate of drug-likeness (QED) is 0.290. The fraction of sp³-hybridized carbons (Fsp3) is 0. The fourth-order valence-corrected chi connectivity index (χ4v) is 0.952. The molecule has 1 rings (SSSR count). The Kier molecular flexibility index (Phi) is 3.14. The number of hydrogen-bond acceptors (Lipinski definition) is 6. The normalized spacial score (nSPS) is 20.0. The van der Waals surface area contributed by atoms with E-state index in [-0.39, 0.29) is 10.5 Å². The summed E-state index contributed by atoms with van der Waals surface area (Å²) in [7, 11) is -4.34. The molecule has 76 valence electrons. The second-order valence-corrected chi connectivity index (χ2v) is 2.79. The Morgan fingerprint density at radius 2 is 2.15 bits per heavy atom. The van der Waals surface area contributed by atoms with Crippen LogP contribution in [0.5, 0.6) is 0 Å². The van der Waals surface area contributed by atoms with Gasteiger partial charge in [-0.05, 0) is 0 Å². The lowest BCUT2D eigenvalue weighted by Crippen LogP contribution is -2.52. The average molecular weight is 214 g/mol. The fourth-order valence-electron chi connectivity index (χ4n) is 0.418. The molecule has 13 heavy (non-hydrogen) atoms. The van der Waals surface area contributed by atoms with E-state index in [4.69, 9.17) is 11.1 Å². The Labute approximate surface area is 72.3 Å². The van der Waals surface area contributed by atoms with Gasteiger partial charge in [0.05, 0.1) is 0 Å². The van der Waals surface area contributed by atoms with E-state index in [9.17, 15) is 13.2 Å². The second kappa shape index (κ2) is 3.53. The lowest BCUT2D eigenvalue weighted by atomic mass is 10.9. The van der Waals surface area contributed by atoms with E-state index in [2.05, 4.69) is 8.57 Å². The summed E-state index contributed by atoms with van der Waals surface area (Å²) < 4.78 is 28.5. The van der Waals surface area contributed by atoms with Crippen LogP contribution in [0.1, 0.15) is 0 Å². The van der Waals surface area contributed by atoms with Gasteiger partial charge in [-0.25, -0.2) is 4.79 Å². The molecule has 0 saturated carbocycles. The SMILES string of the molecule is N=C(N)N1OS(=O)(=O)ONC1=O.O. The summed E-state index contributed by atoms with van der Waals surface area (Å²) in [5.74, 6) is -0.876. The molecule has 0 aromatic carbocycles. The van der Waals surface area contributed by atoms with Crippen LogP contribution in [-0.4, -0.2) is 30.9 Å². The molecule has 0 aromatic heterocycles. The molecule has 1 aliphatic rings. The third kappa shape index (κ3) is 2.51. The molecule has 6 N–H and O–H groups in total. The molecule has 0 atom stereocenters. The number of nitrogens with two attached hydrogens (primary N) is 1. The van der Waals surface area contributed by atoms with Crippen LogP contribution in [0.25, 0.3) is 0 Å². The molecule has 0 spiro atoms. The number of hydroxylamine groups is 3. The summed E-state index contributed by atoms with van der Waals surface area (Å²) in [5, 5.41) is 6.72. The highest BCUT2D eigenvalue weighted by Crippen LogP contribution is 2.05. The molecular formula is C2H6N4O6S. The van der Waals surface area contributed by atoms with Gasteiger partial charge in [0.2, 0.25) is 5.96 Å². The van der Waals surface area contributed by atoms with Gasteiger partial charge in [0.1, 0.15) is 0 Å². The summed E-state index contributed by atoms with van der Waals surface area (Å²) in [4.78, 5) is 10.6. The Bertz CT molecular complexity index is 322. The first-order valence-electron chi connectivity index (χ1n) is 2.49. The Morgan fingerprint density at radius 1 is 1.62 bits per heavy atom. The van der Waals surface area contributed by atoms with Crippen molar-refractivity contribution in [3.05, 3.63) is 0 Å². The zero-order chi connectivity index (χ0) is 9.35. The molecule has 10 nitrogen and oxygen atoms in total. The molecule has 2 amide bonds. The van der Waals surface area contributed by atoms with Crippen LogP contribution in [0.3, 0.4) is 0 Å². The van der Waals surface area contributed by atoms with Crippen molar-refractivity contribution in [3.63, 3.8) is 0 Å². The van der Waals surface area contributed by atoms with E-state index in [1.807, 2.05) is 0 Å². The molecule has 0 aromatic rings. The largest absolute Gasteiger partial charge is 0.442 e. The van der Waals surface area contributed by atoms with Crippen molar-refractivity contribution in [2.24, 2.45) is 5.73 Å². The van der Waals surface area contributed by atoms with Crippen molar-refractivity contribution in [2.75, 3.05) is 0 Å². The van der Waals surface area contributed by atoms with E-state index < -0.39 is 22.4 Å². The van der Waals surface area contributed by atoms with Gasteiger partial charge in [0.25, 0.3) is 0 Å². The zero-order valence-electron chi connectivity index (χ0n) is 5.97. The number of nitrogens with zero attached hydrogens (tertiary/aromatic N) is 1. The van der Waals surface area contributed by atoms with E-state index in [0.29, 0.717) is 0 Å². The monoisotopic (exact) mass is 214 g/mol. The molecule has 1 heterocycles. The predicted octanol–water partition coefficient (Wildman–Crippen LogP) is -2.81. The van der Waals surface area contributed by atoms with Crippen LogP contribution < -0.4 is 11.2 Å². The van der Waals surface area contributed by atoms with Crippen LogP contribution in [0.15, 0.2) is 0 Å². The van der Waals surface area contributed by atoms with Gasteiger partial charge in [0.15, 0.2) is 0 Å². The number of guanidine groups is 1. The molecule has 1 aliphatic heterocycles. The number of carbonyl (C=O) groups is 1. The van der Waals surface area contributed by atoms with Gasteiger partial charge in [-0.1, -0.05) is 0 Å². The zero-order valence-corrected chi connectivity index (χ0v) is 6.79. The number of carbonyl (C=O) groups excluding carboxylic acids is 1. The summed E-state index contributed by atoms with van der Waals surface area (Å²) in [6.45, 7) is 0. The van der Waals surface area contributed by atoms with Gasteiger partial charge in [0, 0.05) is 0 Å². The van der Waals surface area contributed by atoms with Crippen molar-refractivity contribution >= 4 is 22.4 Å². The van der Waals surface area contributed by atoms with Gasteiger partial charge in [-0.15, -0.1) is 13.6 Å². The van der Waals surface area contributed by atoms with Gasteiger partial charge >= 0.3 is 16.4 Å². The number of hydrogen-bond donors (Lipinski definition) is 3. The maximum Gasteiger partial charge on any atom is 0.442 e. The topological polar surface area (TPSA) is 166 Å². The lowest BCUT2D eigenvalue weighted by Gasteiger charge is -2.22. The molecule has 0 radical (unpaired) electrons. The van der Waals surface area contributed by atoms with Crippen molar-refractivity contribution in [1.29, 1.82) is 5.41 Å². The standard InChI is InChI=1S/C2H4N4O5S.H2O/c3-1(4)6-2(7)5-10-12(8,9)11-6;/h(H3,3,4)(H,5,7);1H2. The van der Waals surface area contributed by atoms with Crippen LogP contribution in [0.4, 0.5) is 4.79 Å². The number of nitrogens with one attached hydrogen (secondary N) is 2. The Morgan fingerprint density at radius 3 is 2.54 bits per heavy atom. The molecule has 1 saturated heterocycles. The first kappa shape index (κ1) is 11.6.